The van der Waals surface area contributed by atoms with Crippen LogP contribution < -0.4 is 0 Å². The summed E-state index contributed by atoms with van der Waals surface area (Å²) in [6.45, 7) is 7.67. The minimum atomic E-state index is -0.357. The molecule has 0 radical (unpaired) electrons. The number of aliphatic hydroxyl groups is 1. The van der Waals surface area contributed by atoms with Crippen molar-refractivity contribution in [2.75, 3.05) is 0 Å². The van der Waals surface area contributed by atoms with Crippen molar-refractivity contribution in [3.63, 3.8) is 0 Å². The maximum atomic E-state index is 9.95. The van der Waals surface area contributed by atoms with E-state index in [-0.39, 0.29) is 6.10 Å². The summed E-state index contributed by atoms with van der Waals surface area (Å²) in [7, 11) is 0. The first kappa shape index (κ1) is 11.2. The lowest BCUT2D eigenvalue weighted by Crippen LogP contribution is -2.24. The first-order chi connectivity index (χ1) is 6.13. The molecule has 0 spiro atoms. The van der Waals surface area contributed by atoms with E-state index in [1.165, 1.54) is 19.3 Å². The standard InChI is InChI=1S/C11H17IO/c1-8(9(2)12)11(13)10-6-4-3-5-7-10/h10-11,13H,1-7H2/t11-/m0/s1. The lowest BCUT2D eigenvalue weighted by atomic mass is 9.83. The lowest BCUT2D eigenvalue weighted by Gasteiger charge is -2.27. The zero-order chi connectivity index (χ0) is 9.84. The molecule has 0 saturated heterocycles. The fraction of sp³-hybridized carbons (Fsp3) is 0.636. The fourth-order valence-corrected chi connectivity index (χ4v) is 2.21. The van der Waals surface area contributed by atoms with Gasteiger partial charge in [0.15, 0.2) is 0 Å². The molecule has 13 heavy (non-hydrogen) atoms. The largest absolute Gasteiger partial charge is 0.388 e. The van der Waals surface area contributed by atoms with Crippen LogP contribution in [0.3, 0.4) is 0 Å². The Bertz CT molecular complexity index is 204. The topological polar surface area (TPSA) is 20.2 Å². The van der Waals surface area contributed by atoms with Crippen LogP contribution in [0.2, 0.25) is 0 Å². The van der Waals surface area contributed by atoms with Gasteiger partial charge in [0.05, 0.1) is 6.10 Å². The summed E-state index contributed by atoms with van der Waals surface area (Å²) in [5.74, 6) is 0.424. The molecular formula is C11H17IO. The van der Waals surface area contributed by atoms with Crippen molar-refractivity contribution in [1.29, 1.82) is 0 Å². The highest BCUT2D eigenvalue weighted by molar-refractivity contribution is 14.1. The van der Waals surface area contributed by atoms with E-state index in [9.17, 15) is 5.11 Å². The molecule has 1 atom stereocenters. The van der Waals surface area contributed by atoms with Crippen LogP contribution >= 0.6 is 22.6 Å². The number of rotatable bonds is 3. The Morgan fingerprint density at radius 2 is 1.77 bits per heavy atom. The summed E-state index contributed by atoms with van der Waals surface area (Å²) in [6, 6.07) is 0. The molecular weight excluding hydrogens is 275 g/mol. The monoisotopic (exact) mass is 292 g/mol. The third-order valence-corrected chi connectivity index (χ3v) is 3.49. The van der Waals surface area contributed by atoms with E-state index in [1.807, 2.05) is 0 Å². The van der Waals surface area contributed by atoms with Gasteiger partial charge < -0.3 is 5.11 Å². The van der Waals surface area contributed by atoms with Crippen LogP contribution in [0.4, 0.5) is 0 Å². The van der Waals surface area contributed by atoms with Crippen molar-refractivity contribution in [1.82, 2.24) is 0 Å². The summed E-state index contributed by atoms with van der Waals surface area (Å²) in [6.07, 6.45) is 5.75. The Morgan fingerprint density at radius 1 is 1.23 bits per heavy atom. The van der Waals surface area contributed by atoms with E-state index in [0.717, 1.165) is 22.0 Å². The molecule has 1 aliphatic carbocycles. The van der Waals surface area contributed by atoms with Crippen LogP contribution in [-0.4, -0.2) is 11.2 Å². The molecule has 0 unspecified atom stereocenters. The van der Waals surface area contributed by atoms with Gasteiger partial charge in [-0.05, 0) is 46.9 Å². The Balaban J connectivity index is 2.49. The Labute approximate surface area is 94.1 Å². The van der Waals surface area contributed by atoms with Gasteiger partial charge in [0.25, 0.3) is 0 Å². The second kappa shape index (κ2) is 5.15. The van der Waals surface area contributed by atoms with Crippen LogP contribution in [0.5, 0.6) is 0 Å². The third kappa shape index (κ3) is 3.09. The Kier molecular flexibility index (Phi) is 4.46. The smallest absolute Gasteiger partial charge is 0.0822 e. The maximum Gasteiger partial charge on any atom is 0.0822 e. The highest BCUT2D eigenvalue weighted by Crippen LogP contribution is 2.31. The molecule has 1 aliphatic rings. The summed E-state index contributed by atoms with van der Waals surface area (Å²) >= 11 is 2.13. The van der Waals surface area contributed by atoms with Gasteiger partial charge in [0, 0.05) is 3.58 Å². The first-order valence-electron chi connectivity index (χ1n) is 4.84. The van der Waals surface area contributed by atoms with E-state index in [4.69, 9.17) is 0 Å². The highest BCUT2D eigenvalue weighted by Gasteiger charge is 2.24. The molecule has 0 bridgehead atoms. The third-order valence-electron chi connectivity index (χ3n) is 2.80. The molecule has 0 heterocycles. The fourth-order valence-electron chi connectivity index (χ4n) is 1.89. The Hall–Kier alpha value is 0.170. The molecule has 1 rings (SSSR count). The van der Waals surface area contributed by atoms with Gasteiger partial charge >= 0.3 is 0 Å². The van der Waals surface area contributed by atoms with E-state index in [1.54, 1.807) is 0 Å². The zero-order valence-electron chi connectivity index (χ0n) is 7.93. The average molecular weight is 292 g/mol. The van der Waals surface area contributed by atoms with Crippen molar-refractivity contribution in [3.05, 3.63) is 22.3 Å². The van der Waals surface area contributed by atoms with Crippen LogP contribution in [0, 0.1) is 5.92 Å². The van der Waals surface area contributed by atoms with Crippen molar-refractivity contribution in [2.45, 2.75) is 38.2 Å². The second-order valence-corrected chi connectivity index (χ2v) is 5.08. The summed E-state index contributed by atoms with van der Waals surface area (Å²) in [5, 5.41) is 9.95. The SMILES string of the molecule is C=C(I)C(=C)[C@H](O)C1CCCCC1. The van der Waals surface area contributed by atoms with E-state index < -0.39 is 0 Å². The summed E-state index contributed by atoms with van der Waals surface area (Å²) in [5.41, 5.74) is 0.813. The van der Waals surface area contributed by atoms with Crippen LogP contribution in [0.1, 0.15) is 32.1 Å². The molecule has 2 heteroatoms. The predicted octanol–water partition coefficient (Wildman–Crippen LogP) is 3.43. The van der Waals surface area contributed by atoms with Gasteiger partial charge in [0.2, 0.25) is 0 Å². The highest BCUT2D eigenvalue weighted by atomic mass is 127. The van der Waals surface area contributed by atoms with E-state index in [2.05, 4.69) is 35.7 Å². The molecule has 1 N–H and O–H groups in total. The van der Waals surface area contributed by atoms with E-state index >= 15 is 0 Å². The van der Waals surface area contributed by atoms with E-state index in [0.29, 0.717) is 5.92 Å². The van der Waals surface area contributed by atoms with Gasteiger partial charge in [-0.1, -0.05) is 32.4 Å². The van der Waals surface area contributed by atoms with Crippen molar-refractivity contribution in [3.8, 4) is 0 Å². The van der Waals surface area contributed by atoms with Gasteiger partial charge in [0.1, 0.15) is 0 Å². The molecule has 0 aromatic heterocycles. The van der Waals surface area contributed by atoms with Crippen molar-refractivity contribution < 1.29 is 5.11 Å². The van der Waals surface area contributed by atoms with Crippen molar-refractivity contribution >= 4 is 22.6 Å². The van der Waals surface area contributed by atoms with Gasteiger partial charge in [-0.15, -0.1) is 0 Å². The molecule has 0 aromatic rings. The molecule has 0 amide bonds. The number of halogens is 1. The molecule has 0 aromatic carbocycles. The predicted molar refractivity (Wildman–Crippen MR) is 64.9 cm³/mol. The van der Waals surface area contributed by atoms with Gasteiger partial charge in [-0.3, -0.25) is 0 Å². The van der Waals surface area contributed by atoms with Crippen molar-refractivity contribution in [2.24, 2.45) is 5.92 Å². The number of hydrogen-bond donors (Lipinski definition) is 1. The van der Waals surface area contributed by atoms with Crippen LogP contribution in [0.25, 0.3) is 0 Å². The van der Waals surface area contributed by atoms with Gasteiger partial charge in [-0.25, -0.2) is 0 Å². The molecule has 1 saturated carbocycles. The number of hydrogen-bond acceptors (Lipinski definition) is 1. The molecule has 0 aliphatic heterocycles. The Morgan fingerprint density at radius 3 is 2.23 bits per heavy atom. The van der Waals surface area contributed by atoms with Crippen LogP contribution in [-0.2, 0) is 0 Å². The maximum absolute atomic E-state index is 9.95. The number of aliphatic hydroxyl groups excluding tert-OH is 1. The normalized spacial score (nSPS) is 21.1. The molecule has 1 nitrogen and oxygen atoms in total. The molecule has 74 valence electrons. The quantitative estimate of drug-likeness (QED) is 0.624. The minimum Gasteiger partial charge on any atom is -0.388 e. The molecule has 1 fully saturated rings. The average Bonchev–Trinajstić information content (AvgIpc) is 2.17. The summed E-state index contributed by atoms with van der Waals surface area (Å²) in [4.78, 5) is 0. The van der Waals surface area contributed by atoms with Gasteiger partial charge in [-0.2, -0.15) is 0 Å². The summed E-state index contributed by atoms with van der Waals surface area (Å²) < 4.78 is 0.885. The second-order valence-electron chi connectivity index (χ2n) is 3.77. The zero-order valence-corrected chi connectivity index (χ0v) is 10.1. The first-order valence-corrected chi connectivity index (χ1v) is 5.92. The van der Waals surface area contributed by atoms with Crippen LogP contribution in [0.15, 0.2) is 22.3 Å². The lowest BCUT2D eigenvalue weighted by molar-refractivity contribution is 0.118. The minimum absolute atomic E-state index is 0.357.